The van der Waals surface area contributed by atoms with Gasteiger partial charge in [0.25, 0.3) is 5.91 Å². The van der Waals surface area contributed by atoms with Gasteiger partial charge in [-0.3, -0.25) is 9.59 Å². The van der Waals surface area contributed by atoms with Crippen molar-refractivity contribution in [3.63, 3.8) is 0 Å². The summed E-state index contributed by atoms with van der Waals surface area (Å²) in [7, 11) is 0. The van der Waals surface area contributed by atoms with E-state index in [0.29, 0.717) is 11.3 Å². The van der Waals surface area contributed by atoms with Gasteiger partial charge in [0.1, 0.15) is 16.2 Å². The molecule has 0 aliphatic heterocycles. The molecule has 1 aliphatic rings. The van der Waals surface area contributed by atoms with Crippen LogP contribution in [0.25, 0.3) is 10.2 Å². The van der Waals surface area contributed by atoms with E-state index >= 15 is 0 Å². The minimum absolute atomic E-state index is 0.198. The maximum Gasteiger partial charge on any atom is 0.250 e. The number of aryl methyl sites for hydroxylation is 2. The first kappa shape index (κ1) is 17.0. The highest BCUT2D eigenvalue weighted by Crippen LogP contribution is 2.39. The van der Waals surface area contributed by atoms with Gasteiger partial charge in [0.05, 0.1) is 17.0 Å². The Kier molecular flexibility index (Phi) is 4.60. The molecule has 3 N–H and O–H groups in total. The van der Waals surface area contributed by atoms with Crippen LogP contribution < -0.4 is 11.1 Å². The fourth-order valence-electron chi connectivity index (χ4n) is 3.14. The van der Waals surface area contributed by atoms with Crippen LogP contribution in [0.4, 0.5) is 5.69 Å². The Morgan fingerprint density at radius 2 is 2.08 bits per heavy atom. The maximum atomic E-state index is 12.3. The minimum atomic E-state index is -0.570. The second kappa shape index (κ2) is 7.05. The number of para-hydroxylation sites is 1. The van der Waals surface area contributed by atoms with E-state index in [2.05, 4.69) is 15.3 Å². The summed E-state index contributed by atoms with van der Waals surface area (Å²) < 4.78 is 0. The number of hydrogen-bond donors (Lipinski definition) is 2. The van der Waals surface area contributed by atoms with Crippen LogP contribution in [0.1, 0.15) is 27.2 Å². The summed E-state index contributed by atoms with van der Waals surface area (Å²) in [6.45, 7) is 0. The van der Waals surface area contributed by atoms with Crippen molar-refractivity contribution in [3.8, 4) is 0 Å². The number of carbonyl (C=O) groups is 2. The molecule has 2 aromatic heterocycles. The van der Waals surface area contributed by atoms with Crippen LogP contribution in [-0.4, -0.2) is 27.5 Å². The van der Waals surface area contributed by atoms with Crippen molar-refractivity contribution < 1.29 is 9.59 Å². The zero-order valence-corrected chi connectivity index (χ0v) is 15.5. The summed E-state index contributed by atoms with van der Waals surface area (Å²) in [5, 5.41) is 4.69. The van der Waals surface area contributed by atoms with Gasteiger partial charge in [0.2, 0.25) is 5.91 Å². The summed E-state index contributed by atoms with van der Waals surface area (Å²) in [5.74, 6) is -0.577. The Morgan fingerprint density at radius 3 is 2.92 bits per heavy atom. The van der Waals surface area contributed by atoms with Crippen LogP contribution in [0.15, 0.2) is 35.6 Å². The molecule has 0 bridgehead atoms. The van der Waals surface area contributed by atoms with Gasteiger partial charge < -0.3 is 11.1 Å². The third-order valence-corrected chi connectivity index (χ3v) is 6.46. The molecule has 26 heavy (non-hydrogen) atoms. The molecular weight excluding hydrogens is 368 g/mol. The van der Waals surface area contributed by atoms with Crippen molar-refractivity contribution in [1.82, 2.24) is 9.97 Å². The number of anilines is 1. The number of primary amides is 1. The zero-order valence-electron chi connectivity index (χ0n) is 13.8. The number of thioether (sulfide) groups is 1. The topological polar surface area (TPSA) is 98.0 Å². The Labute approximate surface area is 158 Å². The van der Waals surface area contributed by atoms with Crippen LogP contribution >= 0.6 is 23.1 Å². The molecule has 0 radical (unpaired) electrons. The molecule has 8 heteroatoms. The molecule has 0 unspecified atom stereocenters. The van der Waals surface area contributed by atoms with Gasteiger partial charge >= 0.3 is 0 Å². The van der Waals surface area contributed by atoms with E-state index < -0.39 is 5.91 Å². The number of hydrogen-bond acceptors (Lipinski definition) is 6. The first-order valence-corrected chi connectivity index (χ1v) is 10.0. The molecular formula is C18H16N4O2S2. The molecule has 0 saturated heterocycles. The SMILES string of the molecule is NC(=O)c1ccccc1NC(=O)CSc1ncnc2sc3c(c12)CCC3. The van der Waals surface area contributed by atoms with Crippen LogP contribution in [0.2, 0.25) is 0 Å². The average Bonchev–Trinajstić information content (AvgIpc) is 3.21. The number of nitrogens with one attached hydrogen (secondary N) is 1. The van der Waals surface area contributed by atoms with Crippen LogP contribution in [0, 0.1) is 0 Å². The number of rotatable bonds is 5. The molecule has 0 fully saturated rings. The van der Waals surface area contributed by atoms with E-state index in [9.17, 15) is 9.59 Å². The van der Waals surface area contributed by atoms with Gasteiger partial charge in [-0.05, 0) is 37.0 Å². The molecule has 1 aromatic carbocycles. The van der Waals surface area contributed by atoms with E-state index in [1.165, 1.54) is 28.6 Å². The van der Waals surface area contributed by atoms with E-state index in [1.807, 2.05) is 0 Å². The molecule has 3 aromatic rings. The van der Waals surface area contributed by atoms with Gasteiger partial charge in [-0.15, -0.1) is 11.3 Å². The van der Waals surface area contributed by atoms with Crippen LogP contribution in [0.5, 0.6) is 0 Å². The van der Waals surface area contributed by atoms with Gasteiger partial charge in [0.15, 0.2) is 0 Å². The lowest BCUT2D eigenvalue weighted by atomic mass is 10.1. The number of aromatic nitrogens is 2. The van der Waals surface area contributed by atoms with Crippen LogP contribution in [0.3, 0.4) is 0 Å². The van der Waals surface area contributed by atoms with Crippen molar-refractivity contribution in [2.75, 3.05) is 11.1 Å². The standard InChI is InChI=1S/C18H16N4O2S2/c19-16(24)10-4-1-2-6-12(10)22-14(23)8-25-17-15-11-5-3-7-13(11)26-18(15)21-9-20-17/h1-2,4,6,9H,3,5,7-8H2,(H2,19,24)(H,22,23). The third kappa shape index (κ3) is 3.17. The molecule has 0 saturated carbocycles. The normalized spacial score (nSPS) is 12.9. The molecule has 2 heterocycles. The highest BCUT2D eigenvalue weighted by atomic mass is 32.2. The molecule has 0 atom stereocenters. The number of thiophene rings is 1. The lowest BCUT2D eigenvalue weighted by molar-refractivity contribution is -0.113. The van der Waals surface area contributed by atoms with E-state index in [4.69, 9.17) is 5.73 Å². The largest absolute Gasteiger partial charge is 0.366 e. The van der Waals surface area contributed by atoms with Crippen molar-refractivity contribution in [1.29, 1.82) is 0 Å². The van der Waals surface area contributed by atoms with E-state index in [-0.39, 0.29) is 11.7 Å². The van der Waals surface area contributed by atoms with Gasteiger partial charge in [-0.25, -0.2) is 9.97 Å². The summed E-state index contributed by atoms with van der Waals surface area (Å²) in [6.07, 6.45) is 4.87. The fourth-order valence-corrected chi connectivity index (χ4v) is 5.26. The molecule has 132 valence electrons. The number of benzene rings is 1. The second-order valence-electron chi connectivity index (χ2n) is 5.96. The highest BCUT2D eigenvalue weighted by molar-refractivity contribution is 8.00. The first-order chi connectivity index (χ1) is 12.6. The van der Waals surface area contributed by atoms with E-state index in [0.717, 1.165) is 28.1 Å². The predicted molar refractivity (Wildman–Crippen MR) is 104 cm³/mol. The number of fused-ring (bicyclic) bond motifs is 3. The van der Waals surface area contributed by atoms with Crippen molar-refractivity contribution in [2.45, 2.75) is 24.3 Å². The summed E-state index contributed by atoms with van der Waals surface area (Å²) in [4.78, 5) is 34.9. The highest BCUT2D eigenvalue weighted by Gasteiger charge is 2.21. The van der Waals surface area contributed by atoms with E-state index in [1.54, 1.807) is 41.9 Å². The number of nitrogens with zero attached hydrogens (tertiary/aromatic N) is 2. The Balaban J connectivity index is 1.51. The summed E-state index contributed by atoms with van der Waals surface area (Å²) in [6, 6.07) is 6.71. The maximum absolute atomic E-state index is 12.3. The minimum Gasteiger partial charge on any atom is -0.366 e. The Hall–Kier alpha value is -2.45. The first-order valence-electron chi connectivity index (χ1n) is 8.20. The molecule has 6 nitrogen and oxygen atoms in total. The summed E-state index contributed by atoms with van der Waals surface area (Å²) in [5.41, 5.74) is 7.41. The average molecular weight is 384 g/mol. The van der Waals surface area contributed by atoms with Gasteiger partial charge in [0, 0.05) is 10.3 Å². The van der Waals surface area contributed by atoms with Crippen molar-refractivity contribution in [3.05, 3.63) is 46.6 Å². The third-order valence-electron chi connectivity index (χ3n) is 4.27. The number of nitrogens with two attached hydrogens (primary N) is 1. The second-order valence-corrected chi connectivity index (χ2v) is 8.01. The number of carbonyl (C=O) groups excluding carboxylic acids is 2. The van der Waals surface area contributed by atoms with Crippen molar-refractivity contribution in [2.24, 2.45) is 5.73 Å². The molecule has 2 amide bonds. The monoisotopic (exact) mass is 384 g/mol. The molecule has 1 aliphatic carbocycles. The Morgan fingerprint density at radius 1 is 1.23 bits per heavy atom. The van der Waals surface area contributed by atoms with Gasteiger partial charge in [-0.1, -0.05) is 23.9 Å². The quantitative estimate of drug-likeness (QED) is 0.520. The fraction of sp³-hybridized carbons (Fsp3) is 0.222. The lowest BCUT2D eigenvalue weighted by Gasteiger charge is -2.09. The predicted octanol–water partition coefficient (Wildman–Crippen LogP) is 3.01. The molecule has 4 rings (SSSR count). The lowest BCUT2D eigenvalue weighted by Crippen LogP contribution is -2.19. The summed E-state index contributed by atoms with van der Waals surface area (Å²) >= 11 is 3.12. The van der Waals surface area contributed by atoms with Crippen molar-refractivity contribution >= 4 is 50.8 Å². The number of amides is 2. The zero-order chi connectivity index (χ0) is 18.1. The molecule has 0 spiro atoms. The van der Waals surface area contributed by atoms with Gasteiger partial charge in [-0.2, -0.15) is 0 Å². The Bertz CT molecular complexity index is 1020. The smallest absolute Gasteiger partial charge is 0.250 e. The van der Waals surface area contributed by atoms with Crippen LogP contribution in [-0.2, 0) is 17.6 Å².